The maximum absolute atomic E-state index is 12.2. The van der Waals surface area contributed by atoms with Crippen LogP contribution in [0.5, 0.6) is 0 Å². The largest absolute Gasteiger partial charge is 0.294 e. The summed E-state index contributed by atoms with van der Waals surface area (Å²) in [5.74, 6) is 0.163. The first-order valence-electron chi connectivity index (χ1n) is 6.08. The van der Waals surface area contributed by atoms with E-state index < -0.39 is 0 Å². The van der Waals surface area contributed by atoms with E-state index in [1.54, 1.807) is 11.3 Å². The predicted molar refractivity (Wildman–Crippen MR) is 73.1 cm³/mol. The monoisotopic (exact) mass is 260 g/mol. The number of aryl methyl sites for hydroxylation is 3. The van der Waals surface area contributed by atoms with Crippen molar-refractivity contribution in [3.05, 3.63) is 45.4 Å². The van der Waals surface area contributed by atoms with Gasteiger partial charge >= 0.3 is 0 Å². The van der Waals surface area contributed by atoms with Crippen LogP contribution in [0.25, 0.3) is 0 Å². The molecule has 0 aliphatic rings. The van der Waals surface area contributed by atoms with Crippen molar-refractivity contribution >= 4 is 17.1 Å². The van der Waals surface area contributed by atoms with Gasteiger partial charge in [-0.15, -0.1) is 0 Å². The van der Waals surface area contributed by atoms with Gasteiger partial charge in [0.15, 0.2) is 5.78 Å². The van der Waals surface area contributed by atoms with Crippen molar-refractivity contribution in [2.45, 2.75) is 33.1 Å². The highest BCUT2D eigenvalue weighted by Gasteiger charge is 2.12. The molecule has 0 unspecified atom stereocenters. The van der Waals surface area contributed by atoms with Gasteiger partial charge in [-0.25, -0.2) is 0 Å². The standard InChI is InChI=1S/C14H16N2OS/c1-3-13-12(8-10(2)15-16-13)14(17)5-4-11-6-7-18-9-11/h6-9H,3-5H2,1-2H3. The second kappa shape index (κ2) is 5.87. The highest BCUT2D eigenvalue weighted by Crippen LogP contribution is 2.14. The van der Waals surface area contributed by atoms with Gasteiger partial charge in [0, 0.05) is 12.0 Å². The van der Waals surface area contributed by atoms with E-state index in [1.165, 1.54) is 5.56 Å². The van der Waals surface area contributed by atoms with E-state index in [2.05, 4.69) is 21.6 Å². The molecule has 0 saturated carbocycles. The molecule has 0 fully saturated rings. The Morgan fingerprint density at radius 3 is 2.89 bits per heavy atom. The zero-order chi connectivity index (χ0) is 13.0. The Morgan fingerprint density at radius 1 is 1.39 bits per heavy atom. The topological polar surface area (TPSA) is 42.9 Å². The molecule has 18 heavy (non-hydrogen) atoms. The smallest absolute Gasteiger partial charge is 0.165 e. The molecule has 0 aromatic carbocycles. The van der Waals surface area contributed by atoms with Crippen molar-refractivity contribution in [3.8, 4) is 0 Å². The van der Waals surface area contributed by atoms with E-state index in [0.29, 0.717) is 6.42 Å². The molecule has 0 amide bonds. The molecule has 3 nitrogen and oxygen atoms in total. The summed E-state index contributed by atoms with van der Waals surface area (Å²) in [6, 6.07) is 3.91. The normalized spacial score (nSPS) is 10.6. The molecule has 2 aromatic heterocycles. The van der Waals surface area contributed by atoms with Crippen LogP contribution >= 0.6 is 11.3 Å². The van der Waals surface area contributed by atoms with Crippen molar-refractivity contribution in [1.82, 2.24) is 10.2 Å². The lowest BCUT2D eigenvalue weighted by molar-refractivity contribution is 0.0981. The summed E-state index contributed by atoms with van der Waals surface area (Å²) in [5, 5.41) is 12.2. The number of hydrogen-bond donors (Lipinski definition) is 0. The number of rotatable bonds is 5. The fourth-order valence-corrected chi connectivity index (χ4v) is 2.55. The first-order chi connectivity index (χ1) is 8.70. The van der Waals surface area contributed by atoms with E-state index >= 15 is 0 Å². The maximum atomic E-state index is 12.2. The SMILES string of the molecule is CCc1nnc(C)cc1C(=O)CCc1ccsc1. The van der Waals surface area contributed by atoms with Crippen molar-refractivity contribution in [2.24, 2.45) is 0 Å². The molecule has 0 spiro atoms. The summed E-state index contributed by atoms with van der Waals surface area (Å²) in [6.45, 7) is 3.86. The molecule has 94 valence electrons. The summed E-state index contributed by atoms with van der Waals surface area (Å²) >= 11 is 1.66. The molecule has 0 atom stereocenters. The number of nitrogens with zero attached hydrogens (tertiary/aromatic N) is 2. The fourth-order valence-electron chi connectivity index (χ4n) is 1.84. The molecule has 0 saturated heterocycles. The average Bonchev–Trinajstić information content (AvgIpc) is 2.89. The van der Waals surface area contributed by atoms with Crippen LogP contribution in [-0.4, -0.2) is 16.0 Å². The van der Waals surface area contributed by atoms with Gasteiger partial charge in [0.2, 0.25) is 0 Å². The van der Waals surface area contributed by atoms with Crippen LogP contribution < -0.4 is 0 Å². The molecule has 0 radical (unpaired) electrons. The van der Waals surface area contributed by atoms with E-state index in [0.717, 1.165) is 29.8 Å². The number of hydrogen-bond acceptors (Lipinski definition) is 4. The van der Waals surface area contributed by atoms with E-state index in [9.17, 15) is 4.79 Å². The average molecular weight is 260 g/mol. The Morgan fingerprint density at radius 2 is 2.22 bits per heavy atom. The minimum atomic E-state index is 0.163. The Balaban J connectivity index is 2.10. The third-order valence-electron chi connectivity index (χ3n) is 2.85. The molecule has 0 N–H and O–H groups in total. The van der Waals surface area contributed by atoms with Gasteiger partial charge in [0.05, 0.1) is 11.4 Å². The van der Waals surface area contributed by atoms with Crippen LogP contribution in [0.1, 0.15) is 40.7 Å². The third-order valence-corrected chi connectivity index (χ3v) is 3.58. The number of aromatic nitrogens is 2. The van der Waals surface area contributed by atoms with E-state index in [1.807, 2.05) is 25.3 Å². The van der Waals surface area contributed by atoms with Gasteiger partial charge in [0.25, 0.3) is 0 Å². The van der Waals surface area contributed by atoms with Crippen LogP contribution in [0.3, 0.4) is 0 Å². The van der Waals surface area contributed by atoms with Gasteiger partial charge in [-0.05, 0) is 48.2 Å². The number of carbonyl (C=O) groups is 1. The highest BCUT2D eigenvalue weighted by molar-refractivity contribution is 7.07. The molecule has 0 aliphatic carbocycles. The molecular formula is C14H16N2OS. The third kappa shape index (κ3) is 3.01. The van der Waals surface area contributed by atoms with Crippen molar-refractivity contribution < 1.29 is 4.79 Å². The second-order valence-corrected chi connectivity index (χ2v) is 5.03. The summed E-state index contributed by atoms with van der Waals surface area (Å²) in [4.78, 5) is 12.2. The maximum Gasteiger partial charge on any atom is 0.165 e. The highest BCUT2D eigenvalue weighted by atomic mass is 32.1. The fraction of sp³-hybridized carbons (Fsp3) is 0.357. The number of thiophene rings is 1. The zero-order valence-electron chi connectivity index (χ0n) is 10.6. The van der Waals surface area contributed by atoms with Gasteiger partial charge in [-0.2, -0.15) is 21.5 Å². The summed E-state index contributed by atoms with van der Waals surface area (Å²) < 4.78 is 0. The van der Waals surface area contributed by atoms with Crippen molar-refractivity contribution in [2.75, 3.05) is 0 Å². The van der Waals surface area contributed by atoms with Gasteiger partial charge in [-0.3, -0.25) is 4.79 Å². The lowest BCUT2D eigenvalue weighted by Gasteiger charge is -2.05. The quantitative estimate of drug-likeness (QED) is 0.775. The zero-order valence-corrected chi connectivity index (χ0v) is 11.5. The van der Waals surface area contributed by atoms with Crippen LogP contribution in [0.15, 0.2) is 22.9 Å². The number of Topliss-reactive ketones (excluding diaryl/α,β-unsaturated/α-hetero) is 1. The van der Waals surface area contributed by atoms with Crippen LogP contribution in [0, 0.1) is 6.92 Å². The minimum Gasteiger partial charge on any atom is -0.294 e. The summed E-state index contributed by atoms with van der Waals surface area (Å²) in [5.41, 5.74) is 3.56. The Hall–Kier alpha value is -1.55. The van der Waals surface area contributed by atoms with Crippen molar-refractivity contribution in [1.29, 1.82) is 0 Å². The number of ketones is 1. The van der Waals surface area contributed by atoms with Crippen LogP contribution in [0.2, 0.25) is 0 Å². The Bertz CT molecular complexity index is 535. The van der Waals surface area contributed by atoms with Gasteiger partial charge in [0.1, 0.15) is 0 Å². The molecule has 2 rings (SSSR count). The second-order valence-electron chi connectivity index (χ2n) is 4.25. The van der Waals surface area contributed by atoms with Crippen molar-refractivity contribution in [3.63, 3.8) is 0 Å². The van der Waals surface area contributed by atoms with E-state index in [-0.39, 0.29) is 5.78 Å². The molecule has 2 aromatic rings. The Labute approximate surface area is 111 Å². The van der Waals surface area contributed by atoms with Crippen LogP contribution in [-0.2, 0) is 12.8 Å². The lowest BCUT2D eigenvalue weighted by Crippen LogP contribution is -2.08. The van der Waals surface area contributed by atoms with E-state index in [4.69, 9.17) is 0 Å². The summed E-state index contributed by atoms with van der Waals surface area (Å²) in [6.07, 6.45) is 2.08. The molecular weight excluding hydrogens is 244 g/mol. The number of carbonyl (C=O) groups excluding carboxylic acids is 1. The lowest BCUT2D eigenvalue weighted by atomic mass is 10.0. The molecule has 0 bridgehead atoms. The predicted octanol–water partition coefficient (Wildman–Crippen LogP) is 3.22. The van der Waals surface area contributed by atoms with Gasteiger partial charge < -0.3 is 0 Å². The molecule has 4 heteroatoms. The Kier molecular flexibility index (Phi) is 4.20. The van der Waals surface area contributed by atoms with Crippen LogP contribution in [0.4, 0.5) is 0 Å². The molecule has 2 heterocycles. The first-order valence-corrected chi connectivity index (χ1v) is 7.02. The minimum absolute atomic E-state index is 0.163. The van der Waals surface area contributed by atoms with Gasteiger partial charge in [-0.1, -0.05) is 6.92 Å². The summed E-state index contributed by atoms with van der Waals surface area (Å²) in [7, 11) is 0. The molecule has 0 aliphatic heterocycles. The first kappa shape index (κ1) is 12.9.